The molecule has 0 bridgehead atoms. The van der Waals surface area contributed by atoms with Crippen molar-refractivity contribution in [1.29, 1.82) is 0 Å². The van der Waals surface area contributed by atoms with Crippen molar-refractivity contribution in [3.05, 3.63) is 95.5 Å². The zero-order valence-corrected chi connectivity index (χ0v) is 13.8. The molecular formula is C20H17ClN2O. The Morgan fingerprint density at radius 2 is 1.42 bits per heavy atom. The Kier molecular flexibility index (Phi) is 5.14. The van der Waals surface area contributed by atoms with Crippen molar-refractivity contribution in [3.8, 4) is 0 Å². The van der Waals surface area contributed by atoms with E-state index in [4.69, 9.17) is 11.6 Å². The average molecular weight is 337 g/mol. The van der Waals surface area contributed by atoms with Crippen LogP contribution in [0.4, 0.5) is 16.2 Å². The molecule has 0 unspecified atom stereocenters. The van der Waals surface area contributed by atoms with Gasteiger partial charge in [-0.3, -0.25) is 4.90 Å². The predicted molar refractivity (Wildman–Crippen MR) is 99.5 cm³/mol. The molecule has 0 spiro atoms. The minimum atomic E-state index is -0.224. The van der Waals surface area contributed by atoms with Crippen LogP contribution in [0.15, 0.2) is 84.9 Å². The van der Waals surface area contributed by atoms with Crippen molar-refractivity contribution in [2.24, 2.45) is 0 Å². The summed E-state index contributed by atoms with van der Waals surface area (Å²) in [5.74, 6) is 0. The maximum absolute atomic E-state index is 12.8. The van der Waals surface area contributed by atoms with Gasteiger partial charge in [0.25, 0.3) is 0 Å². The summed E-state index contributed by atoms with van der Waals surface area (Å²) in [6.45, 7) is 0.473. The lowest BCUT2D eigenvalue weighted by Crippen LogP contribution is -2.34. The number of benzene rings is 3. The van der Waals surface area contributed by atoms with E-state index in [1.807, 2.05) is 72.8 Å². The Bertz CT molecular complexity index is 806. The van der Waals surface area contributed by atoms with E-state index in [0.29, 0.717) is 17.3 Å². The molecule has 1 N–H and O–H groups in total. The van der Waals surface area contributed by atoms with E-state index in [-0.39, 0.29) is 6.03 Å². The zero-order chi connectivity index (χ0) is 16.8. The molecule has 0 atom stereocenters. The van der Waals surface area contributed by atoms with Crippen LogP contribution >= 0.6 is 11.6 Å². The number of nitrogens with one attached hydrogen (secondary N) is 1. The summed E-state index contributed by atoms with van der Waals surface area (Å²) < 4.78 is 0. The first-order valence-electron chi connectivity index (χ1n) is 7.66. The van der Waals surface area contributed by atoms with Gasteiger partial charge in [0.1, 0.15) is 0 Å². The van der Waals surface area contributed by atoms with Crippen molar-refractivity contribution in [1.82, 2.24) is 0 Å². The normalized spacial score (nSPS) is 10.2. The van der Waals surface area contributed by atoms with Gasteiger partial charge < -0.3 is 5.32 Å². The summed E-state index contributed by atoms with van der Waals surface area (Å²) in [5.41, 5.74) is 2.47. The van der Waals surface area contributed by atoms with Gasteiger partial charge in [-0.05, 0) is 29.8 Å². The Morgan fingerprint density at radius 1 is 0.833 bits per heavy atom. The molecule has 0 aliphatic carbocycles. The second-order valence-corrected chi connectivity index (χ2v) is 5.72. The molecule has 3 aromatic rings. The monoisotopic (exact) mass is 336 g/mol. The average Bonchev–Trinajstić information content (AvgIpc) is 2.63. The third-order valence-electron chi connectivity index (χ3n) is 3.61. The number of hydrogen-bond donors (Lipinski definition) is 1. The van der Waals surface area contributed by atoms with E-state index in [1.165, 1.54) is 0 Å². The molecule has 3 nitrogen and oxygen atoms in total. The highest BCUT2D eigenvalue weighted by Gasteiger charge is 2.17. The Morgan fingerprint density at radius 3 is 2.08 bits per heavy atom. The summed E-state index contributed by atoms with van der Waals surface area (Å²) in [6.07, 6.45) is 0. The highest BCUT2D eigenvalue weighted by atomic mass is 35.5. The molecule has 0 heterocycles. The van der Waals surface area contributed by atoms with E-state index in [1.54, 1.807) is 17.0 Å². The van der Waals surface area contributed by atoms with E-state index >= 15 is 0 Å². The van der Waals surface area contributed by atoms with Crippen molar-refractivity contribution >= 4 is 29.0 Å². The molecule has 0 aliphatic heterocycles. The number of urea groups is 1. The lowest BCUT2D eigenvalue weighted by atomic mass is 10.2. The lowest BCUT2D eigenvalue weighted by molar-refractivity contribution is 0.256. The number of hydrogen-bond acceptors (Lipinski definition) is 1. The van der Waals surface area contributed by atoms with Crippen molar-refractivity contribution in [2.45, 2.75) is 6.54 Å². The Labute approximate surface area is 146 Å². The number of para-hydroxylation sites is 2. The maximum atomic E-state index is 12.8. The minimum Gasteiger partial charge on any atom is -0.306 e. The molecular weight excluding hydrogens is 320 g/mol. The molecule has 0 radical (unpaired) electrons. The zero-order valence-electron chi connectivity index (χ0n) is 13.0. The smallest absolute Gasteiger partial charge is 0.306 e. The fourth-order valence-electron chi connectivity index (χ4n) is 2.40. The van der Waals surface area contributed by atoms with Gasteiger partial charge in [-0.2, -0.15) is 0 Å². The summed E-state index contributed by atoms with van der Waals surface area (Å²) in [7, 11) is 0. The first-order chi connectivity index (χ1) is 11.7. The highest BCUT2D eigenvalue weighted by molar-refractivity contribution is 6.33. The second-order valence-electron chi connectivity index (χ2n) is 5.32. The van der Waals surface area contributed by atoms with Crippen LogP contribution in [0.3, 0.4) is 0 Å². The van der Waals surface area contributed by atoms with Crippen LogP contribution in [0.25, 0.3) is 0 Å². The van der Waals surface area contributed by atoms with Gasteiger partial charge in [-0.25, -0.2) is 4.79 Å². The first-order valence-corrected chi connectivity index (χ1v) is 8.04. The van der Waals surface area contributed by atoms with Crippen LogP contribution in [0.1, 0.15) is 5.56 Å². The molecule has 0 fully saturated rings. The molecule has 0 aliphatic rings. The van der Waals surface area contributed by atoms with Gasteiger partial charge in [0.05, 0.1) is 17.3 Å². The summed E-state index contributed by atoms with van der Waals surface area (Å²) >= 11 is 6.15. The van der Waals surface area contributed by atoms with Crippen LogP contribution in [0, 0.1) is 0 Å². The SMILES string of the molecule is O=C(Nc1ccccc1Cl)N(Cc1ccccc1)c1ccccc1. The number of carbonyl (C=O) groups excluding carboxylic acids is 1. The second kappa shape index (κ2) is 7.66. The van der Waals surface area contributed by atoms with Crippen molar-refractivity contribution in [3.63, 3.8) is 0 Å². The number of nitrogens with zero attached hydrogens (tertiary/aromatic N) is 1. The Hall–Kier alpha value is -2.78. The molecule has 3 aromatic carbocycles. The molecule has 0 aromatic heterocycles. The Balaban J connectivity index is 1.87. The standard InChI is InChI=1S/C20H17ClN2O/c21-18-13-7-8-14-19(18)22-20(24)23(17-11-5-2-6-12-17)15-16-9-3-1-4-10-16/h1-14H,15H2,(H,22,24). The predicted octanol–water partition coefficient (Wildman–Crippen LogP) is 5.58. The molecule has 24 heavy (non-hydrogen) atoms. The van der Waals surface area contributed by atoms with Gasteiger partial charge in [-0.1, -0.05) is 72.3 Å². The van der Waals surface area contributed by atoms with Gasteiger partial charge >= 0.3 is 6.03 Å². The van der Waals surface area contributed by atoms with Gasteiger partial charge in [0, 0.05) is 5.69 Å². The molecule has 4 heteroatoms. The third kappa shape index (κ3) is 3.94. The van der Waals surface area contributed by atoms with Gasteiger partial charge in [-0.15, -0.1) is 0 Å². The number of rotatable bonds is 4. The largest absolute Gasteiger partial charge is 0.326 e. The topological polar surface area (TPSA) is 32.3 Å². The molecule has 0 saturated carbocycles. The summed E-state index contributed by atoms with van der Waals surface area (Å²) in [6, 6.07) is 26.4. The van der Waals surface area contributed by atoms with Crippen LogP contribution < -0.4 is 10.2 Å². The molecule has 0 saturated heterocycles. The number of carbonyl (C=O) groups is 1. The van der Waals surface area contributed by atoms with Gasteiger partial charge in [0.2, 0.25) is 0 Å². The fraction of sp³-hybridized carbons (Fsp3) is 0.0500. The van der Waals surface area contributed by atoms with Crippen molar-refractivity contribution < 1.29 is 4.79 Å². The number of halogens is 1. The molecule has 3 rings (SSSR count). The van der Waals surface area contributed by atoms with Crippen LogP contribution in [0.5, 0.6) is 0 Å². The number of anilines is 2. The summed E-state index contributed by atoms with van der Waals surface area (Å²) in [4.78, 5) is 14.5. The summed E-state index contributed by atoms with van der Waals surface area (Å²) in [5, 5.41) is 3.40. The van der Waals surface area contributed by atoms with Crippen LogP contribution in [-0.2, 0) is 6.54 Å². The van der Waals surface area contributed by atoms with E-state index in [9.17, 15) is 4.79 Å². The quantitative estimate of drug-likeness (QED) is 0.662. The van der Waals surface area contributed by atoms with Gasteiger partial charge in [0.15, 0.2) is 0 Å². The van der Waals surface area contributed by atoms with E-state index in [2.05, 4.69) is 5.32 Å². The number of amides is 2. The van der Waals surface area contributed by atoms with E-state index < -0.39 is 0 Å². The minimum absolute atomic E-state index is 0.224. The highest BCUT2D eigenvalue weighted by Crippen LogP contribution is 2.23. The van der Waals surface area contributed by atoms with E-state index in [0.717, 1.165) is 11.3 Å². The van der Waals surface area contributed by atoms with Crippen LogP contribution in [-0.4, -0.2) is 6.03 Å². The lowest BCUT2D eigenvalue weighted by Gasteiger charge is -2.23. The maximum Gasteiger partial charge on any atom is 0.326 e. The third-order valence-corrected chi connectivity index (χ3v) is 3.94. The van der Waals surface area contributed by atoms with Crippen molar-refractivity contribution in [2.75, 3.05) is 10.2 Å². The molecule has 120 valence electrons. The molecule has 2 amide bonds. The van der Waals surface area contributed by atoms with Crippen LogP contribution in [0.2, 0.25) is 5.02 Å². The first kappa shape index (κ1) is 16.1. The fourth-order valence-corrected chi connectivity index (χ4v) is 2.58.